The highest BCUT2D eigenvalue weighted by Gasteiger charge is 2.20. The number of aromatic nitrogens is 1. The summed E-state index contributed by atoms with van der Waals surface area (Å²) in [4.78, 5) is 6.11. The lowest BCUT2D eigenvalue weighted by Gasteiger charge is -2.25. The molecule has 3 aromatic rings. The highest BCUT2D eigenvalue weighted by atomic mass is 32.1. The Kier molecular flexibility index (Phi) is 4.84. The van der Waals surface area contributed by atoms with Crippen LogP contribution in [0, 0.1) is 6.92 Å². The molecule has 1 heterocycles. The Morgan fingerprint density at radius 3 is 2.36 bits per heavy atom. The second-order valence-corrected chi connectivity index (χ2v) is 7.72. The first-order chi connectivity index (χ1) is 12.3. The van der Waals surface area contributed by atoms with E-state index in [0.717, 1.165) is 10.5 Å². The predicted octanol–water partition coefficient (Wildman–Crippen LogP) is 6.26. The number of hydrogen-bond donors (Lipinski definition) is 0. The number of thiazole rings is 1. The molecule has 3 heteroatoms. The van der Waals surface area contributed by atoms with Gasteiger partial charge in [-0.2, -0.15) is 0 Å². The van der Waals surface area contributed by atoms with Crippen LogP contribution < -0.4 is 4.80 Å². The number of nitrogens with zero attached hydrogens (tertiary/aromatic N) is 2. The fourth-order valence-electron chi connectivity index (χ4n) is 3.64. The Morgan fingerprint density at radius 2 is 1.64 bits per heavy atom. The smallest absolute Gasteiger partial charge is 0.190 e. The molecule has 1 aliphatic rings. The second-order valence-electron chi connectivity index (χ2n) is 6.88. The molecule has 128 valence electrons. The molecule has 0 spiro atoms. The predicted molar refractivity (Wildman–Crippen MR) is 106 cm³/mol. The van der Waals surface area contributed by atoms with Crippen LogP contribution in [0.3, 0.4) is 0 Å². The van der Waals surface area contributed by atoms with Crippen molar-refractivity contribution >= 4 is 17.0 Å². The molecule has 1 saturated carbocycles. The summed E-state index contributed by atoms with van der Waals surface area (Å²) in [6.07, 6.45) is 6.54. The van der Waals surface area contributed by atoms with Crippen molar-refractivity contribution in [1.82, 2.24) is 4.57 Å². The average molecular weight is 349 g/mol. The summed E-state index contributed by atoms with van der Waals surface area (Å²) in [5.74, 6) is 0. The van der Waals surface area contributed by atoms with Crippen LogP contribution >= 0.6 is 11.3 Å². The molecule has 0 atom stereocenters. The maximum Gasteiger partial charge on any atom is 0.190 e. The SMILES string of the molecule is Cc1ccc(N=c2scc(-c3ccccc3)n2C2CCCCC2)cc1. The van der Waals surface area contributed by atoms with Gasteiger partial charge < -0.3 is 4.57 Å². The number of benzene rings is 2. The minimum Gasteiger partial charge on any atom is -0.313 e. The topological polar surface area (TPSA) is 17.3 Å². The van der Waals surface area contributed by atoms with E-state index in [1.165, 1.54) is 48.9 Å². The molecule has 0 bridgehead atoms. The lowest BCUT2D eigenvalue weighted by Crippen LogP contribution is -2.23. The first-order valence-electron chi connectivity index (χ1n) is 9.18. The molecule has 0 unspecified atom stereocenters. The van der Waals surface area contributed by atoms with Gasteiger partial charge in [0.05, 0.1) is 11.4 Å². The summed E-state index contributed by atoms with van der Waals surface area (Å²) in [5, 5.41) is 2.27. The number of aryl methyl sites for hydroxylation is 1. The average Bonchev–Trinajstić information content (AvgIpc) is 3.08. The molecule has 0 N–H and O–H groups in total. The van der Waals surface area contributed by atoms with E-state index in [1.54, 1.807) is 11.3 Å². The van der Waals surface area contributed by atoms with E-state index < -0.39 is 0 Å². The van der Waals surface area contributed by atoms with Gasteiger partial charge in [0.2, 0.25) is 0 Å². The molecule has 1 aliphatic carbocycles. The van der Waals surface area contributed by atoms with Crippen LogP contribution in [-0.4, -0.2) is 4.57 Å². The summed E-state index contributed by atoms with van der Waals surface area (Å²) in [6.45, 7) is 2.12. The summed E-state index contributed by atoms with van der Waals surface area (Å²) < 4.78 is 2.50. The fraction of sp³-hybridized carbons (Fsp3) is 0.318. The highest BCUT2D eigenvalue weighted by Crippen LogP contribution is 2.32. The van der Waals surface area contributed by atoms with Gasteiger partial charge in [0, 0.05) is 11.4 Å². The third-order valence-corrected chi connectivity index (χ3v) is 5.85. The van der Waals surface area contributed by atoms with E-state index in [-0.39, 0.29) is 0 Å². The Labute approximate surface area is 153 Å². The molecule has 2 aromatic carbocycles. The van der Waals surface area contributed by atoms with Crippen molar-refractivity contribution < 1.29 is 0 Å². The van der Waals surface area contributed by atoms with Crippen molar-refractivity contribution in [2.75, 3.05) is 0 Å². The first kappa shape index (κ1) is 16.3. The van der Waals surface area contributed by atoms with Crippen LogP contribution in [0.15, 0.2) is 65.0 Å². The van der Waals surface area contributed by atoms with E-state index >= 15 is 0 Å². The fourth-order valence-corrected chi connectivity index (χ4v) is 4.63. The summed E-state index contributed by atoms with van der Waals surface area (Å²) in [7, 11) is 0. The van der Waals surface area contributed by atoms with Crippen molar-refractivity contribution in [2.45, 2.75) is 45.1 Å². The minimum atomic E-state index is 0.569. The van der Waals surface area contributed by atoms with Crippen LogP contribution in [0.5, 0.6) is 0 Å². The zero-order chi connectivity index (χ0) is 17.1. The van der Waals surface area contributed by atoms with Crippen molar-refractivity contribution in [3.8, 4) is 11.3 Å². The monoisotopic (exact) mass is 348 g/mol. The molecular formula is C22H24N2S. The van der Waals surface area contributed by atoms with Gasteiger partial charge in [0.25, 0.3) is 0 Å². The molecule has 2 nitrogen and oxygen atoms in total. The maximum absolute atomic E-state index is 4.99. The van der Waals surface area contributed by atoms with Crippen molar-refractivity contribution in [3.63, 3.8) is 0 Å². The molecule has 1 aromatic heterocycles. The van der Waals surface area contributed by atoms with Gasteiger partial charge in [-0.25, -0.2) is 4.99 Å². The van der Waals surface area contributed by atoms with Crippen LogP contribution in [0.25, 0.3) is 11.3 Å². The lowest BCUT2D eigenvalue weighted by atomic mass is 9.95. The standard InChI is InChI=1S/C22H24N2S/c1-17-12-14-19(15-13-17)23-22-24(20-10-6-3-7-11-20)21(16-25-22)18-8-4-2-5-9-18/h2,4-5,8-9,12-16,20H,3,6-7,10-11H2,1H3. The molecule has 1 fully saturated rings. The Hall–Kier alpha value is -2.13. The Bertz CT molecular complexity index is 882. The third kappa shape index (κ3) is 3.62. The van der Waals surface area contributed by atoms with Crippen molar-refractivity contribution in [1.29, 1.82) is 0 Å². The van der Waals surface area contributed by atoms with Crippen LogP contribution in [-0.2, 0) is 0 Å². The van der Waals surface area contributed by atoms with E-state index in [0.29, 0.717) is 6.04 Å². The van der Waals surface area contributed by atoms with E-state index in [9.17, 15) is 0 Å². The molecule has 0 radical (unpaired) electrons. The van der Waals surface area contributed by atoms with Gasteiger partial charge in [0.1, 0.15) is 0 Å². The normalized spacial score (nSPS) is 16.3. The van der Waals surface area contributed by atoms with Gasteiger partial charge in [-0.05, 0) is 37.5 Å². The summed E-state index contributed by atoms with van der Waals surface area (Å²) in [6, 6.07) is 19.8. The largest absolute Gasteiger partial charge is 0.313 e. The van der Waals surface area contributed by atoms with E-state index in [4.69, 9.17) is 4.99 Å². The highest BCUT2D eigenvalue weighted by molar-refractivity contribution is 7.07. The molecule has 0 saturated heterocycles. The summed E-state index contributed by atoms with van der Waals surface area (Å²) >= 11 is 1.76. The minimum absolute atomic E-state index is 0.569. The molecule has 4 rings (SSSR count). The molecule has 0 amide bonds. The van der Waals surface area contributed by atoms with Gasteiger partial charge in [-0.15, -0.1) is 11.3 Å². The van der Waals surface area contributed by atoms with Gasteiger partial charge in [-0.3, -0.25) is 0 Å². The number of rotatable bonds is 3. The maximum atomic E-state index is 4.99. The van der Waals surface area contributed by atoms with Crippen molar-refractivity contribution in [2.24, 2.45) is 4.99 Å². The quantitative estimate of drug-likeness (QED) is 0.531. The van der Waals surface area contributed by atoms with Crippen molar-refractivity contribution in [3.05, 3.63) is 70.3 Å². The molecule has 0 aliphatic heterocycles. The van der Waals surface area contributed by atoms with E-state index in [2.05, 4.69) is 71.5 Å². The first-order valence-corrected chi connectivity index (χ1v) is 10.1. The Balaban J connectivity index is 1.83. The second kappa shape index (κ2) is 7.40. The Morgan fingerprint density at radius 1 is 0.920 bits per heavy atom. The van der Waals surface area contributed by atoms with Crippen LogP contribution in [0.2, 0.25) is 0 Å². The zero-order valence-corrected chi connectivity index (χ0v) is 15.5. The van der Waals surface area contributed by atoms with Gasteiger partial charge in [0.15, 0.2) is 4.80 Å². The van der Waals surface area contributed by atoms with Crippen LogP contribution in [0.1, 0.15) is 43.7 Å². The number of hydrogen-bond acceptors (Lipinski definition) is 2. The molecular weight excluding hydrogens is 324 g/mol. The third-order valence-electron chi connectivity index (χ3n) is 5.01. The van der Waals surface area contributed by atoms with Crippen LogP contribution in [0.4, 0.5) is 5.69 Å². The summed E-state index contributed by atoms with van der Waals surface area (Å²) in [5.41, 5.74) is 4.91. The lowest BCUT2D eigenvalue weighted by molar-refractivity contribution is 0.351. The van der Waals surface area contributed by atoms with Gasteiger partial charge >= 0.3 is 0 Å². The zero-order valence-electron chi connectivity index (χ0n) is 14.7. The molecule has 25 heavy (non-hydrogen) atoms. The van der Waals surface area contributed by atoms with Gasteiger partial charge in [-0.1, -0.05) is 67.3 Å². The van der Waals surface area contributed by atoms with E-state index in [1.807, 2.05) is 0 Å².